The maximum atomic E-state index is 12.5. The summed E-state index contributed by atoms with van der Waals surface area (Å²) in [4.78, 5) is 12.5. The van der Waals surface area contributed by atoms with Gasteiger partial charge in [-0.15, -0.1) is 0 Å². The van der Waals surface area contributed by atoms with Crippen molar-refractivity contribution in [2.75, 3.05) is 25.1 Å². The molecule has 5 nitrogen and oxygen atoms in total. The maximum Gasteiger partial charge on any atom is 0.155 e. The molecule has 1 heterocycles. The Labute approximate surface area is 185 Å². The molecule has 1 aliphatic carbocycles. The molecule has 5 heteroatoms. The maximum absolute atomic E-state index is 12.5. The Balaban J connectivity index is 1.68. The molecule has 1 N–H and O–H groups in total. The van der Waals surface area contributed by atoms with Crippen LogP contribution in [0.15, 0.2) is 36.4 Å². The second-order valence-electron chi connectivity index (χ2n) is 8.62. The van der Waals surface area contributed by atoms with Gasteiger partial charge in [0.25, 0.3) is 0 Å². The summed E-state index contributed by atoms with van der Waals surface area (Å²) in [6, 6.07) is 12.5. The lowest BCUT2D eigenvalue weighted by Gasteiger charge is -2.36. The van der Waals surface area contributed by atoms with Crippen molar-refractivity contribution in [1.82, 2.24) is 0 Å². The van der Waals surface area contributed by atoms with Gasteiger partial charge in [0.2, 0.25) is 0 Å². The lowest BCUT2D eigenvalue weighted by molar-refractivity contribution is -0.124. The third-order valence-electron chi connectivity index (χ3n) is 6.38. The van der Waals surface area contributed by atoms with Crippen LogP contribution in [0.5, 0.6) is 5.75 Å². The van der Waals surface area contributed by atoms with Gasteiger partial charge in [-0.25, -0.2) is 0 Å². The van der Waals surface area contributed by atoms with Gasteiger partial charge in [0.1, 0.15) is 11.3 Å². The van der Waals surface area contributed by atoms with Gasteiger partial charge in [-0.1, -0.05) is 18.2 Å². The Kier molecular flexibility index (Phi) is 6.63. The van der Waals surface area contributed by atoms with Crippen molar-refractivity contribution in [3.05, 3.63) is 47.5 Å². The Morgan fingerprint density at radius 2 is 1.94 bits per heavy atom. The van der Waals surface area contributed by atoms with E-state index in [2.05, 4.69) is 36.5 Å². The first-order chi connectivity index (χ1) is 15.0. The van der Waals surface area contributed by atoms with Crippen LogP contribution in [0.4, 0.5) is 5.69 Å². The molecule has 2 fully saturated rings. The molecule has 0 bridgehead atoms. The fourth-order valence-corrected chi connectivity index (χ4v) is 4.28. The molecule has 31 heavy (non-hydrogen) atoms. The summed E-state index contributed by atoms with van der Waals surface area (Å²) in [5, 5.41) is 3.55. The first-order valence-corrected chi connectivity index (χ1v) is 11.4. The van der Waals surface area contributed by atoms with Crippen molar-refractivity contribution in [2.24, 2.45) is 0 Å². The zero-order valence-electron chi connectivity index (χ0n) is 18.8. The lowest BCUT2D eigenvalue weighted by Crippen LogP contribution is -2.49. The SMILES string of the molecule is CCOc1cccc(-c2ccc(NC3(C(C)=O)CCOCC3)cc2COC2CC2)c1C. The minimum atomic E-state index is -0.556. The lowest BCUT2D eigenvalue weighted by atomic mass is 9.85. The smallest absolute Gasteiger partial charge is 0.155 e. The first-order valence-electron chi connectivity index (χ1n) is 11.4. The first kappa shape index (κ1) is 21.8. The van der Waals surface area contributed by atoms with Crippen LogP contribution in [-0.4, -0.2) is 37.2 Å². The van der Waals surface area contributed by atoms with Crippen molar-refractivity contribution >= 4 is 11.5 Å². The van der Waals surface area contributed by atoms with E-state index in [1.165, 1.54) is 0 Å². The molecule has 166 valence electrons. The highest BCUT2D eigenvalue weighted by molar-refractivity contribution is 5.89. The highest BCUT2D eigenvalue weighted by atomic mass is 16.5. The average molecular weight is 424 g/mol. The van der Waals surface area contributed by atoms with E-state index in [1.54, 1.807) is 6.92 Å². The molecule has 0 amide bonds. The van der Waals surface area contributed by atoms with E-state index in [0.717, 1.165) is 46.5 Å². The van der Waals surface area contributed by atoms with Gasteiger partial charge in [-0.3, -0.25) is 4.79 Å². The van der Waals surface area contributed by atoms with Crippen molar-refractivity contribution < 1.29 is 19.0 Å². The molecule has 0 aromatic heterocycles. The largest absolute Gasteiger partial charge is 0.494 e. The van der Waals surface area contributed by atoms with Crippen LogP contribution in [0.1, 0.15) is 50.7 Å². The van der Waals surface area contributed by atoms with Crippen LogP contribution in [0.2, 0.25) is 0 Å². The zero-order chi connectivity index (χ0) is 21.8. The number of Topliss-reactive ketones (excluding diaryl/α,β-unsaturated/α-hetero) is 1. The van der Waals surface area contributed by atoms with E-state index < -0.39 is 5.54 Å². The number of benzene rings is 2. The number of ether oxygens (including phenoxy) is 3. The Bertz CT molecular complexity index is 929. The van der Waals surface area contributed by atoms with Gasteiger partial charge in [-0.2, -0.15) is 0 Å². The fraction of sp³-hybridized carbons (Fsp3) is 0.500. The highest BCUT2D eigenvalue weighted by Crippen LogP contribution is 2.36. The van der Waals surface area contributed by atoms with Crippen molar-refractivity contribution in [3.8, 4) is 16.9 Å². The van der Waals surface area contributed by atoms with E-state index in [4.69, 9.17) is 14.2 Å². The normalized spacial score (nSPS) is 17.9. The standard InChI is InChI=1S/C26H33NO4/c1-4-30-25-7-5-6-23(18(25)2)24-11-8-21(16-20(24)17-31-22-9-10-22)27-26(19(3)28)12-14-29-15-13-26/h5-8,11,16,22,27H,4,9-10,12-15,17H2,1-3H3. The summed E-state index contributed by atoms with van der Waals surface area (Å²) in [5.41, 5.74) is 4.95. The fourth-order valence-electron chi connectivity index (χ4n) is 4.28. The van der Waals surface area contributed by atoms with Gasteiger partial charge in [0, 0.05) is 31.7 Å². The summed E-state index contributed by atoms with van der Waals surface area (Å²) in [6.45, 7) is 8.18. The molecule has 1 saturated heterocycles. The topological polar surface area (TPSA) is 56.8 Å². The number of carbonyl (C=O) groups is 1. The number of nitrogens with one attached hydrogen (secondary N) is 1. The van der Waals surface area contributed by atoms with Gasteiger partial charge in [0.15, 0.2) is 5.78 Å². The van der Waals surface area contributed by atoms with E-state index in [0.29, 0.717) is 45.4 Å². The monoisotopic (exact) mass is 423 g/mol. The van der Waals surface area contributed by atoms with E-state index in [9.17, 15) is 4.79 Å². The molecule has 0 radical (unpaired) electrons. The third-order valence-corrected chi connectivity index (χ3v) is 6.38. The van der Waals surface area contributed by atoms with E-state index in [-0.39, 0.29) is 5.78 Å². The van der Waals surface area contributed by atoms with Crippen molar-refractivity contribution in [2.45, 2.75) is 64.7 Å². The summed E-state index contributed by atoms with van der Waals surface area (Å²) in [7, 11) is 0. The quantitative estimate of drug-likeness (QED) is 0.594. The molecule has 2 aromatic rings. The Morgan fingerprint density at radius 3 is 2.61 bits per heavy atom. The molecular formula is C26H33NO4. The second-order valence-corrected chi connectivity index (χ2v) is 8.62. The van der Waals surface area contributed by atoms with Gasteiger partial charge in [0.05, 0.1) is 19.3 Å². The molecule has 2 aliphatic rings. The number of anilines is 1. The van der Waals surface area contributed by atoms with E-state index >= 15 is 0 Å². The number of ketones is 1. The summed E-state index contributed by atoms with van der Waals surface area (Å²) < 4.78 is 17.4. The van der Waals surface area contributed by atoms with Crippen LogP contribution < -0.4 is 10.1 Å². The minimum Gasteiger partial charge on any atom is -0.494 e. The van der Waals surface area contributed by atoms with Gasteiger partial charge < -0.3 is 19.5 Å². The molecule has 4 rings (SSSR count). The molecule has 1 saturated carbocycles. The number of carbonyl (C=O) groups excluding carboxylic acids is 1. The number of hydrogen-bond donors (Lipinski definition) is 1. The van der Waals surface area contributed by atoms with Crippen LogP contribution in [0.3, 0.4) is 0 Å². The molecule has 0 unspecified atom stereocenters. The van der Waals surface area contributed by atoms with Crippen LogP contribution >= 0.6 is 0 Å². The molecular weight excluding hydrogens is 390 g/mol. The molecule has 2 aromatic carbocycles. The predicted octanol–water partition coefficient (Wildman–Crippen LogP) is 5.29. The Morgan fingerprint density at radius 1 is 1.16 bits per heavy atom. The van der Waals surface area contributed by atoms with Gasteiger partial charge in [-0.05, 0) is 74.1 Å². The highest BCUT2D eigenvalue weighted by Gasteiger charge is 2.37. The molecule has 0 atom stereocenters. The number of hydrogen-bond acceptors (Lipinski definition) is 5. The zero-order valence-corrected chi connectivity index (χ0v) is 18.8. The van der Waals surface area contributed by atoms with Crippen LogP contribution in [0.25, 0.3) is 11.1 Å². The third kappa shape index (κ3) is 4.94. The molecule has 1 aliphatic heterocycles. The summed E-state index contributed by atoms with van der Waals surface area (Å²) in [5.74, 6) is 1.07. The van der Waals surface area contributed by atoms with Crippen LogP contribution in [-0.2, 0) is 20.9 Å². The average Bonchev–Trinajstić information content (AvgIpc) is 3.59. The Hall–Kier alpha value is -2.37. The second kappa shape index (κ2) is 9.41. The summed E-state index contributed by atoms with van der Waals surface area (Å²) in [6.07, 6.45) is 4.03. The molecule has 0 spiro atoms. The van der Waals surface area contributed by atoms with Crippen LogP contribution in [0, 0.1) is 6.92 Å². The van der Waals surface area contributed by atoms with Crippen molar-refractivity contribution in [1.29, 1.82) is 0 Å². The number of rotatable bonds is 9. The van der Waals surface area contributed by atoms with E-state index in [1.807, 2.05) is 19.1 Å². The summed E-state index contributed by atoms with van der Waals surface area (Å²) >= 11 is 0. The predicted molar refractivity (Wildman–Crippen MR) is 123 cm³/mol. The van der Waals surface area contributed by atoms with Crippen molar-refractivity contribution in [3.63, 3.8) is 0 Å². The van der Waals surface area contributed by atoms with Gasteiger partial charge >= 0.3 is 0 Å². The minimum absolute atomic E-state index is 0.163.